The lowest BCUT2D eigenvalue weighted by Crippen LogP contribution is -2.34. The van der Waals surface area contributed by atoms with Crippen LogP contribution in [0.1, 0.15) is 44.1 Å². The number of rotatable bonds is 9. The van der Waals surface area contributed by atoms with E-state index in [-0.39, 0.29) is 12.6 Å². The van der Waals surface area contributed by atoms with Gasteiger partial charge in [-0.2, -0.15) is 0 Å². The summed E-state index contributed by atoms with van der Waals surface area (Å²) in [5.74, 6) is -1.57. The van der Waals surface area contributed by atoms with E-state index < -0.39 is 17.3 Å². The fourth-order valence-corrected chi connectivity index (χ4v) is 3.44. The van der Waals surface area contributed by atoms with Crippen LogP contribution in [0.4, 0.5) is 0 Å². The molecular weight excluding hydrogens is 308 g/mol. The SMILES string of the molecule is COCC[C@@H](CC1(C(=O)O)CCCC1)C(=O)OCc1ccccc1. The quantitative estimate of drug-likeness (QED) is 0.701. The number of hydrogen-bond donors (Lipinski definition) is 1. The maximum atomic E-state index is 12.5. The summed E-state index contributed by atoms with van der Waals surface area (Å²) < 4.78 is 10.5. The van der Waals surface area contributed by atoms with Crippen LogP contribution in [-0.2, 0) is 25.7 Å². The van der Waals surface area contributed by atoms with Gasteiger partial charge in [-0.3, -0.25) is 9.59 Å². The molecule has 0 bridgehead atoms. The third-order valence-corrected chi connectivity index (χ3v) is 4.88. The number of ether oxygens (including phenoxy) is 2. The zero-order chi connectivity index (χ0) is 17.4. The van der Waals surface area contributed by atoms with Crippen LogP contribution in [0.3, 0.4) is 0 Å². The van der Waals surface area contributed by atoms with E-state index in [1.165, 1.54) is 0 Å². The molecule has 0 aromatic heterocycles. The van der Waals surface area contributed by atoms with E-state index in [0.717, 1.165) is 18.4 Å². The molecule has 2 rings (SSSR count). The number of carbonyl (C=O) groups is 2. The molecule has 0 heterocycles. The number of carboxylic acid groups (broad SMARTS) is 1. The predicted molar refractivity (Wildman–Crippen MR) is 89.4 cm³/mol. The predicted octanol–water partition coefficient (Wildman–Crippen LogP) is 3.42. The van der Waals surface area contributed by atoms with E-state index in [4.69, 9.17) is 9.47 Å². The summed E-state index contributed by atoms with van der Waals surface area (Å²) >= 11 is 0. The molecule has 1 saturated carbocycles. The van der Waals surface area contributed by atoms with E-state index in [0.29, 0.717) is 32.3 Å². The molecule has 0 spiro atoms. The molecule has 1 aromatic rings. The topological polar surface area (TPSA) is 72.8 Å². The Kier molecular flexibility index (Phi) is 6.79. The van der Waals surface area contributed by atoms with Gasteiger partial charge < -0.3 is 14.6 Å². The average Bonchev–Trinajstić information content (AvgIpc) is 3.07. The highest BCUT2D eigenvalue weighted by atomic mass is 16.5. The number of hydrogen-bond acceptors (Lipinski definition) is 4. The molecule has 0 aliphatic heterocycles. The largest absolute Gasteiger partial charge is 0.481 e. The first kappa shape index (κ1) is 18.5. The summed E-state index contributed by atoms with van der Waals surface area (Å²) in [4.78, 5) is 24.3. The number of aliphatic carboxylic acids is 1. The van der Waals surface area contributed by atoms with Gasteiger partial charge in [-0.25, -0.2) is 0 Å². The highest BCUT2D eigenvalue weighted by Gasteiger charge is 2.44. The first-order valence-corrected chi connectivity index (χ1v) is 8.50. The van der Waals surface area contributed by atoms with Crippen molar-refractivity contribution in [1.82, 2.24) is 0 Å². The van der Waals surface area contributed by atoms with Crippen molar-refractivity contribution >= 4 is 11.9 Å². The smallest absolute Gasteiger partial charge is 0.309 e. The Hall–Kier alpha value is -1.88. The summed E-state index contributed by atoms with van der Waals surface area (Å²) in [7, 11) is 1.58. The Morgan fingerprint density at radius 1 is 1.21 bits per heavy atom. The monoisotopic (exact) mass is 334 g/mol. The molecule has 1 aromatic carbocycles. The molecule has 0 amide bonds. The lowest BCUT2D eigenvalue weighted by molar-refractivity contribution is -0.156. The third kappa shape index (κ3) is 4.81. The van der Waals surface area contributed by atoms with Crippen molar-refractivity contribution in [2.75, 3.05) is 13.7 Å². The molecule has 1 fully saturated rings. The van der Waals surface area contributed by atoms with Crippen molar-refractivity contribution in [3.63, 3.8) is 0 Å². The second-order valence-electron chi connectivity index (χ2n) is 6.57. The molecule has 1 N–H and O–H groups in total. The van der Waals surface area contributed by atoms with Crippen molar-refractivity contribution in [3.8, 4) is 0 Å². The van der Waals surface area contributed by atoms with Crippen molar-refractivity contribution in [2.24, 2.45) is 11.3 Å². The van der Waals surface area contributed by atoms with Crippen molar-refractivity contribution in [3.05, 3.63) is 35.9 Å². The van der Waals surface area contributed by atoms with Crippen LogP contribution < -0.4 is 0 Å². The van der Waals surface area contributed by atoms with Gasteiger partial charge in [0, 0.05) is 13.7 Å². The fraction of sp³-hybridized carbons (Fsp3) is 0.579. The Balaban J connectivity index is 2.00. The number of benzene rings is 1. The molecule has 1 aliphatic carbocycles. The van der Waals surface area contributed by atoms with E-state index in [2.05, 4.69) is 0 Å². The van der Waals surface area contributed by atoms with Gasteiger partial charge in [-0.15, -0.1) is 0 Å². The van der Waals surface area contributed by atoms with Gasteiger partial charge in [0.05, 0.1) is 11.3 Å². The second kappa shape index (κ2) is 8.83. The third-order valence-electron chi connectivity index (χ3n) is 4.88. The number of carboxylic acids is 1. The highest BCUT2D eigenvalue weighted by molar-refractivity contribution is 5.78. The Morgan fingerprint density at radius 3 is 2.46 bits per heavy atom. The van der Waals surface area contributed by atoms with Crippen LogP contribution in [-0.4, -0.2) is 30.8 Å². The molecule has 1 aliphatic rings. The van der Waals surface area contributed by atoms with Gasteiger partial charge >= 0.3 is 11.9 Å². The lowest BCUT2D eigenvalue weighted by atomic mass is 9.77. The zero-order valence-corrected chi connectivity index (χ0v) is 14.2. The standard InChI is InChI=1S/C19H26O5/c1-23-12-9-16(13-19(18(21)22)10-5-6-11-19)17(20)24-14-15-7-3-2-4-8-15/h2-4,7-8,16H,5-6,9-14H2,1H3,(H,21,22)/t16-/m0/s1. The lowest BCUT2D eigenvalue weighted by Gasteiger charge is -2.28. The minimum Gasteiger partial charge on any atom is -0.481 e. The molecule has 0 saturated heterocycles. The molecule has 0 unspecified atom stereocenters. The van der Waals surface area contributed by atoms with Crippen LogP contribution in [0.25, 0.3) is 0 Å². The van der Waals surface area contributed by atoms with Gasteiger partial charge in [0.2, 0.25) is 0 Å². The van der Waals surface area contributed by atoms with Crippen LogP contribution >= 0.6 is 0 Å². The molecule has 24 heavy (non-hydrogen) atoms. The fourth-order valence-electron chi connectivity index (χ4n) is 3.44. The summed E-state index contributed by atoms with van der Waals surface area (Å²) in [5.41, 5.74) is 0.134. The van der Waals surface area contributed by atoms with Gasteiger partial charge in [0.25, 0.3) is 0 Å². The van der Waals surface area contributed by atoms with Gasteiger partial charge in [0.1, 0.15) is 6.61 Å². The summed E-state index contributed by atoms with van der Waals surface area (Å²) in [6.45, 7) is 0.629. The van der Waals surface area contributed by atoms with Crippen molar-refractivity contribution in [2.45, 2.75) is 45.1 Å². The van der Waals surface area contributed by atoms with E-state index in [1.807, 2.05) is 30.3 Å². The second-order valence-corrected chi connectivity index (χ2v) is 6.57. The van der Waals surface area contributed by atoms with Crippen LogP contribution in [0.15, 0.2) is 30.3 Å². The van der Waals surface area contributed by atoms with Gasteiger partial charge in [0.15, 0.2) is 0 Å². The Labute approximate surface area is 143 Å². The number of esters is 1. The highest BCUT2D eigenvalue weighted by Crippen LogP contribution is 2.44. The first-order valence-electron chi connectivity index (χ1n) is 8.50. The summed E-state index contributed by atoms with van der Waals surface area (Å²) in [5, 5.41) is 9.64. The normalized spacial score (nSPS) is 17.4. The minimum absolute atomic E-state index is 0.212. The molecule has 0 radical (unpaired) electrons. The maximum absolute atomic E-state index is 12.5. The van der Waals surface area contributed by atoms with E-state index in [9.17, 15) is 14.7 Å². The first-order chi connectivity index (χ1) is 11.6. The van der Waals surface area contributed by atoms with Crippen molar-refractivity contribution < 1.29 is 24.2 Å². The van der Waals surface area contributed by atoms with E-state index in [1.54, 1.807) is 7.11 Å². The number of methoxy groups -OCH3 is 1. The van der Waals surface area contributed by atoms with Gasteiger partial charge in [-0.1, -0.05) is 43.2 Å². The molecular formula is C19H26O5. The minimum atomic E-state index is -0.793. The maximum Gasteiger partial charge on any atom is 0.309 e. The van der Waals surface area contributed by atoms with E-state index >= 15 is 0 Å². The van der Waals surface area contributed by atoms with Crippen LogP contribution in [0, 0.1) is 11.3 Å². The molecule has 5 nitrogen and oxygen atoms in total. The number of carbonyl (C=O) groups excluding carboxylic acids is 1. The molecule has 132 valence electrons. The Bertz CT molecular complexity index is 534. The summed E-state index contributed by atoms with van der Waals surface area (Å²) in [6.07, 6.45) is 3.90. The average molecular weight is 334 g/mol. The molecule has 5 heteroatoms. The van der Waals surface area contributed by atoms with Crippen LogP contribution in [0.2, 0.25) is 0 Å². The van der Waals surface area contributed by atoms with Crippen molar-refractivity contribution in [1.29, 1.82) is 0 Å². The van der Waals surface area contributed by atoms with Crippen LogP contribution in [0.5, 0.6) is 0 Å². The van der Waals surface area contributed by atoms with Gasteiger partial charge in [-0.05, 0) is 31.2 Å². The summed E-state index contributed by atoms with van der Waals surface area (Å²) in [6, 6.07) is 9.48. The zero-order valence-electron chi connectivity index (χ0n) is 14.2. The molecule has 1 atom stereocenters. The Morgan fingerprint density at radius 2 is 1.88 bits per heavy atom.